The Morgan fingerprint density at radius 2 is 2.24 bits per heavy atom. The maximum atomic E-state index is 12.3. The summed E-state index contributed by atoms with van der Waals surface area (Å²) in [5.41, 5.74) is -0.287. The van der Waals surface area contributed by atoms with Crippen molar-refractivity contribution in [1.29, 1.82) is 0 Å². The van der Waals surface area contributed by atoms with Crippen LogP contribution in [0.25, 0.3) is 0 Å². The highest BCUT2D eigenvalue weighted by molar-refractivity contribution is 5.93. The molecule has 0 aliphatic carbocycles. The summed E-state index contributed by atoms with van der Waals surface area (Å²) in [7, 11) is 0. The number of rotatable bonds is 3. The van der Waals surface area contributed by atoms with Crippen LogP contribution >= 0.6 is 0 Å². The number of nitrogens with one attached hydrogen (secondary N) is 2. The van der Waals surface area contributed by atoms with E-state index in [2.05, 4.69) is 32.7 Å². The molecule has 0 aromatic carbocycles. The third-order valence-corrected chi connectivity index (χ3v) is 3.43. The zero-order valence-corrected chi connectivity index (χ0v) is 9.94. The van der Waals surface area contributed by atoms with Gasteiger partial charge in [0.25, 0.3) is 0 Å². The number of hydrogen-bond donors (Lipinski definition) is 2. The average molecular weight is 235 g/mol. The molecule has 1 fully saturated rings. The van der Waals surface area contributed by atoms with Gasteiger partial charge in [0.2, 0.25) is 11.9 Å². The van der Waals surface area contributed by atoms with Crippen LogP contribution in [-0.4, -0.2) is 34.2 Å². The molecule has 6 heteroatoms. The molecule has 92 valence electrons. The Kier molecular flexibility index (Phi) is 3.63. The molecular weight excluding hydrogens is 218 g/mol. The molecule has 2 rings (SSSR count). The van der Waals surface area contributed by atoms with Crippen LogP contribution in [0.3, 0.4) is 0 Å². The van der Waals surface area contributed by atoms with Gasteiger partial charge in [0, 0.05) is 0 Å². The summed E-state index contributed by atoms with van der Waals surface area (Å²) >= 11 is 0. The minimum atomic E-state index is -0.287. The van der Waals surface area contributed by atoms with E-state index in [9.17, 15) is 4.79 Å². The lowest BCUT2D eigenvalue weighted by atomic mass is 9.76. The highest BCUT2D eigenvalue weighted by Gasteiger charge is 2.38. The van der Waals surface area contributed by atoms with Crippen LogP contribution in [0.4, 0.5) is 5.95 Å². The molecule has 1 aliphatic rings. The van der Waals surface area contributed by atoms with E-state index in [0.717, 1.165) is 32.4 Å². The Balaban J connectivity index is 2.07. The summed E-state index contributed by atoms with van der Waals surface area (Å²) in [6.45, 7) is 3.82. The van der Waals surface area contributed by atoms with E-state index in [4.69, 9.17) is 0 Å². The van der Waals surface area contributed by atoms with Crippen LogP contribution in [0.1, 0.15) is 26.2 Å². The van der Waals surface area contributed by atoms with Crippen molar-refractivity contribution in [1.82, 2.24) is 20.5 Å². The van der Waals surface area contributed by atoms with Crippen LogP contribution < -0.4 is 10.6 Å². The molecule has 1 aromatic heterocycles. The van der Waals surface area contributed by atoms with Gasteiger partial charge < -0.3 is 5.32 Å². The standard InChI is InChI=1S/C11H17N5O/c1-2-11(3-5-12-6-4-11)9(17)15-10-13-7-8-14-16-10/h7-8,12H,2-6H2,1H3,(H,13,15,16,17). The zero-order chi connectivity index (χ0) is 12.1. The van der Waals surface area contributed by atoms with E-state index in [-0.39, 0.29) is 17.3 Å². The van der Waals surface area contributed by atoms with Gasteiger partial charge in [0.15, 0.2) is 0 Å². The normalized spacial score (nSPS) is 18.6. The van der Waals surface area contributed by atoms with Crippen LogP contribution in [-0.2, 0) is 4.79 Å². The summed E-state index contributed by atoms with van der Waals surface area (Å²) in [5.74, 6) is 0.290. The number of carbonyl (C=O) groups is 1. The summed E-state index contributed by atoms with van der Waals surface area (Å²) in [5, 5.41) is 13.5. The second kappa shape index (κ2) is 5.18. The van der Waals surface area contributed by atoms with Crippen molar-refractivity contribution >= 4 is 11.9 Å². The monoisotopic (exact) mass is 235 g/mol. The average Bonchev–Trinajstić information content (AvgIpc) is 2.40. The summed E-state index contributed by atoms with van der Waals surface area (Å²) < 4.78 is 0. The number of piperidine rings is 1. The van der Waals surface area contributed by atoms with Gasteiger partial charge in [-0.25, -0.2) is 4.98 Å². The smallest absolute Gasteiger partial charge is 0.249 e. The van der Waals surface area contributed by atoms with Crippen molar-refractivity contribution in [3.05, 3.63) is 12.4 Å². The van der Waals surface area contributed by atoms with Gasteiger partial charge in [0.05, 0.1) is 17.8 Å². The molecule has 6 nitrogen and oxygen atoms in total. The molecule has 17 heavy (non-hydrogen) atoms. The summed E-state index contributed by atoms with van der Waals surface area (Å²) in [4.78, 5) is 16.2. The molecule has 1 aliphatic heterocycles. The molecule has 2 heterocycles. The molecule has 1 amide bonds. The first-order chi connectivity index (χ1) is 8.27. The molecule has 0 saturated carbocycles. The van der Waals surface area contributed by atoms with E-state index < -0.39 is 0 Å². The fourth-order valence-corrected chi connectivity index (χ4v) is 2.19. The third kappa shape index (κ3) is 2.58. The first kappa shape index (κ1) is 11.9. The van der Waals surface area contributed by atoms with Crippen LogP contribution in [0, 0.1) is 5.41 Å². The van der Waals surface area contributed by atoms with Gasteiger partial charge in [0.1, 0.15) is 0 Å². The summed E-state index contributed by atoms with van der Waals surface area (Å²) in [6, 6.07) is 0. The highest BCUT2D eigenvalue weighted by atomic mass is 16.2. The molecule has 0 bridgehead atoms. The van der Waals surface area contributed by atoms with Crippen LogP contribution in [0.5, 0.6) is 0 Å². The lowest BCUT2D eigenvalue weighted by Gasteiger charge is -2.34. The number of amides is 1. The Morgan fingerprint density at radius 1 is 1.47 bits per heavy atom. The SMILES string of the molecule is CCC1(C(=O)Nc2nccnn2)CCNCC1. The first-order valence-corrected chi connectivity index (χ1v) is 5.93. The second-order valence-electron chi connectivity index (χ2n) is 4.30. The van der Waals surface area contributed by atoms with Crippen LogP contribution in [0.15, 0.2) is 12.4 Å². The highest BCUT2D eigenvalue weighted by Crippen LogP contribution is 2.33. The fourth-order valence-electron chi connectivity index (χ4n) is 2.19. The van der Waals surface area contributed by atoms with Crippen molar-refractivity contribution in [2.24, 2.45) is 5.41 Å². The Morgan fingerprint density at radius 3 is 2.82 bits per heavy atom. The largest absolute Gasteiger partial charge is 0.317 e. The number of carbonyl (C=O) groups excluding carboxylic acids is 1. The van der Waals surface area contributed by atoms with Crippen molar-refractivity contribution in [2.75, 3.05) is 18.4 Å². The summed E-state index contributed by atoms with van der Waals surface area (Å²) in [6.07, 6.45) is 5.55. The van der Waals surface area contributed by atoms with Crippen molar-refractivity contribution in [3.63, 3.8) is 0 Å². The lowest BCUT2D eigenvalue weighted by molar-refractivity contribution is -0.127. The maximum absolute atomic E-state index is 12.3. The number of anilines is 1. The molecule has 0 atom stereocenters. The molecule has 1 saturated heterocycles. The van der Waals surface area contributed by atoms with Gasteiger partial charge in [-0.05, 0) is 32.4 Å². The molecular formula is C11H17N5O. The van der Waals surface area contributed by atoms with Gasteiger partial charge in [-0.3, -0.25) is 10.1 Å². The fraction of sp³-hybridized carbons (Fsp3) is 0.636. The Hall–Kier alpha value is -1.56. The van der Waals surface area contributed by atoms with Crippen molar-refractivity contribution < 1.29 is 4.79 Å². The molecule has 1 aromatic rings. The topological polar surface area (TPSA) is 79.8 Å². The molecule has 0 radical (unpaired) electrons. The van der Waals surface area contributed by atoms with Crippen LogP contribution in [0.2, 0.25) is 0 Å². The quantitative estimate of drug-likeness (QED) is 0.801. The van der Waals surface area contributed by atoms with Gasteiger partial charge in [-0.15, -0.1) is 5.10 Å². The van der Waals surface area contributed by atoms with E-state index >= 15 is 0 Å². The minimum absolute atomic E-state index is 0.00880. The van der Waals surface area contributed by atoms with E-state index in [1.807, 2.05) is 0 Å². The van der Waals surface area contributed by atoms with Gasteiger partial charge in [-0.1, -0.05) is 6.92 Å². The predicted octanol–water partition coefficient (Wildman–Crippen LogP) is 0.590. The van der Waals surface area contributed by atoms with Crippen molar-refractivity contribution in [3.8, 4) is 0 Å². The Bertz CT molecular complexity index is 375. The predicted molar refractivity (Wildman–Crippen MR) is 63.3 cm³/mol. The molecule has 0 unspecified atom stereocenters. The van der Waals surface area contributed by atoms with E-state index in [1.54, 1.807) is 0 Å². The third-order valence-electron chi connectivity index (χ3n) is 3.43. The zero-order valence-electron chi connectivity index (χ0n) is 9.94. The number of nitrogens with zero attached hydrogens (tertiary/aromatic N) is 3. The lowest BCUT2D eigenvalue weighted by Crippen LogP contribution is -2.44. The van der Waals surface area contributed by atoms with E-state index in [0.29, 0.717) is 0 Å². The molecule has 2 N–H and O–H groups in total. The second-order valence-corrected chi connectivity index (χ2v) is 4.30. The van der Waals surface area contributed by atoms with Gasteiger partial charge >= 0.3 is 0 Å². The maximum Gasteiger partial charge on any atom is 0.249 e. The van der Waals surface area contributed by atoms with Gasteiger partial charge in [-0.2, -0.15) is 5.10 Å². The molecule has 0 spiro atoms. The van der Waals surface area contributed by atoms with E-state index in [1.165, 1.54) is 12.4 Å². The minimum Gasteiger partial charge on any atom is -0.317 e. The number of hydrogen-bond acceptors (Lipinski definition) is 5. The van der Waals surface area contributed by atoms with Crippen molar-refractivity contribution in [2.45, 2.75) is 26.2 Å². The first-order valence-electron chi connectivity index (χ1n) is 5.93. The number of aromatic nitrogens is 3. The Labute approximate surface area is 100 Å².